The van der Waals surface area contributed by atoms with Gasteiger partial charge in [-0.2, -0.15) is 16.8 Å². The minimum absolute atomic E-state index is 0.0290. The maximum Gasteiger partial charge on any atom is 0.297 e. The zero-order chi connectivity index (χ0) is 23.1. The van der Waals surface area contributed by atoms with Crippen LogP contribution in [0.25, 0.3) is 0 Å². The zero-order valence-corrected chi connectivity index (χ0v) is 19.5. The van der Waals surface area contributed by atoms with Crippen LogP contribution in [0.5, 0.6) is 0 Å². The lowest BCUT2D eigenvalue weighted by Crippen LogP contribution is -2.17. The Morgan fingerprint density at radius 1 is 0.562 bits per heavy atom. The average Bonchev–Trinajstić information content (AvgIpc) is 2.82. The molecular weight excluding hydrogens is 475 g/mol. The van der Waals surface area contributed by atoms with Crippen molar-refractivity contribution in [3.8, 4) is 0 Å². The van der Waals surface area contributed by atoms with Crippen LogP contribution in [0.1, 0.15) is 12.8 Å². The van der Waals surface area contributed by atoms with E-state index in [9.17, 15) is 21.4 Å². The van der Waals surface area contributed by atoms with Crippen molar-refractivity contribution in [1.82, 2.24) is 0 Å². The van der Waals surface area contributed by atoms with Crippen LogP contribution in [0.2, 0.25) is 0 Å². The molecule has 0 aliphatic rings. The lowest BCUT2D eigenvalue weighted by atomic mass is 10.4. The lowest BCUT2D eigenvalue weighted by Gasteiger charge is -2.39. The summed E-state index contributed by atoms with van der Waals surface area (Å²) in [6, 6.07) is 27.4. The van der Waals surface area contributed by atoms with E-state index in [2.05, 4.69) is 4.39 Å². The Bertz CT molecular complexity index is 1110. The molecule has 0 radical (unpaired) electrons. The number of hydrogen-bond acceptors (Lipinski definition) is 6. The van der Waals surface area contributed by atoms with Crippen LogP contribution in [0.4, 0.5) is 4.53 Å². The van der Waals surface area contributed by atoms with E-state index in [1.54, 1.807) is 0 Å². The Morgan fingerprint density at radius 3 is 1.25 bits per heavy atom. The van der Waals surface area contributed by atoms with Gasteiger partial charge in [-0.1, -0.05) is 59.0 Å². The minimum atomic E-state index is -4.30. The molecule has 0 aromatic heterocycles. The number of unbranched alkanes of at least 4 members (excludes halogenated alkanes) is 1. The van der Waals surface area contributed by atoms with Crippen LogP contribution in [0, 0.1) is 0 Å². The smallest absolute Gasteiger partial charge is 0.207 e. The van der Waals surface area contributed by atoms with E-state index >= 15 is 0 Å². The molecule has 0 amide bonds. The topological polar surface area (TPSA) is 86.7 Å². The number of benzene rings is 3. The van der Waals surface area contributed by atoms with Crippen LogP contribution in [0.3, 0.4) is 0 Å². The molecule has 0 spiro atoms. The molecule has 3 rings (SSSR count). The molecule has 0 fully saturated rings. The highest BCUT2D eigenvalue weighted by Gasteiger charge is 2.37. The fraction of sp³-hybridized carbons (Fsp3) is 0.182. The van der Waals surface area contributed by atoms with Crippen molar-refractivity contribution in [3.63, 3.8) is 0 Å². The van der Waals surface area contributed by atoms with E-state index in [0.29, 0.717) is 14.7 Å². The number of rotatable bonds is 11. The highest BCUT2D eigenvalue weighted by atomic mass is 32.3. The molecule has 10 heteroatoms. The summed E-state index contributed by atoms with van der Waals surface area (Å²) in [6.07, 6.45) is -0.113. The molecule has 3 aromatic rings. The fourth-order valence-corrected chi connectivity index (χ4v) is 9.22. The summed E-state index contributed by atoms with van der Waals surface area (Å²) in [7, 11) is -11.1. The summed E-state index contributed by atoms with van der Waals surface area (Å²) in [4.78, 5) is 2.11. The van der Waals surface area contributed by atoms with E-state index < -0.39 is 42.1 Å². The second kappa shape index (κ2) is 10.6. The van der Waals surface area contributed by atoms with Gasteiger partial charge in [-0.15, -0.1) is 0 Å². The summed E-state index contributed by atoms with van der Waals surface area (Å²) < 4.78 is 69.4. The highest BCUT2D eigenvalue weighted by molar-refractivity contribution is 8.33. The minimum Gasteiger partial charge on any atom is -0.207 e. The Kier molecular flexibility index (Phi) is 8.07. The maximum atomic E-state index is 13.1. The molecule has 0 unspecified atom stereocenters. The molecule has 0 bridgehead atoms. The van der Waals surface area contributed by atoms with Crippen LogP contribution in [0.15, 0.2) is 106 Å². The van der Waals surface area contributed by atoms with E-state index in [1.807, 2.05) is 91.0 Å². The van der Waals surface area contributed by atoms with Gasteiger partial charge in [-0.05, 0) is 64.1 Å². The van der Waals surface area contributed by atoms with Gasteiger partial charge in [0, 0.05) is 14.7 Å². The summed E-state index contributed by atoms with van der Waals surface area (Å²) in [5.74, 6) is -1.04. The normalized spacial score (nSPS) is 13.0. The molecule has 172 valence electrons. The Labute approximate surface area is 189 Å². The van der Waals surface area contributed by atoms with Crippen molar-refractivity contribution in [2.24, 2.45) is 0 Å². The predicted octanol–water partition coefficient (Wildman–Crippen LogP) is 5.24. The highest BCUT2D eigenvalue weighted by Crippen LogP contribution is 2.69. The van der Waals surface area contributed by atoms with Gasteiger partial charge < -0.3 is 0 Å². The van der Waals surface area contributed by atoms with Gasteiger partial charge >= 0.3 is 0 Å². The van der Waals surface area contributed by atoms with Gasteiger partial charge in [-0.25, -0.2) is 3.63 Å². The van der Waals surface area contributed by atoms with Crippen molar-refractivity contribution in [2.45, 2.75) is 27.5 Å². The maximum absolute atomic E-state index is 13.1. The predicted molar refractivity (Wildman–Crippen MR) is 122 cm³/mol. The first kappa shape index (κ1) is 24.4. The molecule has 3 aromatic carbocycles. The molecule has 6 nitrogen and oxygen atoms in total. The molecule has 0 heterocycles. The largest absolute Gasteiger partial charge is 0.297 e. The molecule has 32 heavy (non-hydrogen) atoms. The van der Waals surface area contributed by atoms with Crippen molar-refractivity contribution in [1.29, 1.82) is 0 Å². The van der Waals surface area contributed by atoms with Crippen LogP contribution < -0.4 is 0 Å². The standard InChI is InChI=1S/C22H23FO6S3/c23-28-30(24,25)18-10-11-19-31(26,27)29-32(20-12-4-1-5-13-20,21-14-6-2-7-15-21)22-16-8-3-9-17-22/h1-9,12-17H,10-11,18-19H2. The lowest BCUT2D eigenvalue weighted by molar-refractivity contribution is 0.00290. The Morgan fingerprint density at radius 2 is 0.906 bits per heavy atom. The SMILES string of the molecule is O=S(=O)(CCCCS(=O)(=O)OS(c1ccccc1)(c1ccccc1)c1ccccc1)OF. The van der Waals surface area contributed by atoms with Gasteiger partial charge in [0.05, 0.1) is 11.5 Å². The average molecular weight is 499 g/mol. The van der Waals surface area contributed by atoms with Gasteiger partial charge in [0.15, 0.2) is 0 Å². The number of halogens is 1. The van der Waals surface area contributed by atoms with Gasteiger partial charge in [0.25, 0.3) is 20.2 Å². The van der Waals surface area contributed by atoms with Gasteiger partial charge in [0.1, 0.15) is 0 Å². The van der Waals surface area contributed by atoms with Crippen LogP contribution in [-0.4, -0.2) is 28.3 Å². The quantitative estimate of drug-likeness (QED) is 0.336. The molecular formula is C22H23FO6S3. The van der Waals surface area contributed by atoms with E-state index in [0.717, 1.165) is 0 Å². The van der Waals surface area contributed by atoms with Crippen molar-refractivity contribution in [2.75, 3.05) is 11.5 Å². The molecule has 0 saturated carbocycles. The molecule has 0 aliphatic heterocycles. The van der Waals surface area contributed by atoms with E-state index in [-0.39, 0.29) is 12.8 Å². The molecule has 0 aliphatic carbocycles. The number of hydrogen-bond donors (Lipinski definition) is 0. The van der Waals surface area contributed by atoms with Crippen molar-refractivity contribution < 1.29 is 29.4 Å². The molecule has 0 N–H and O–H groups in total. The van der Waals surface area contributed by atoms with Crippen LogP contribution >= 0.6 is 10.3 Å². The summed E-state index contributed by atoms with van der Waals surface area (Å²) in [6.45, 7) is 0. The van der Waals surface area contributed by atoms with Gasteiger partial charge in [0.2, 0.25) is 0 Å². The molecule has 0 saturated heterocycles. The first-order chi connectivity index (χ1) is 15.3. The first-order valence-electron chi connectivity index (χ1n) is 9.74. The second-order valence-electron chi connectivity index (χ2n) is 6.86. The second-order valence-corrected chi connectivity index (χ2v) is 13.1. The third-order valence-corrected chi connectivity index (χ3v) is 10.8. The summed E-state index contributed by atoms with van der Waals surface area (Å²) in [5.41, 5.74) is 0. The van der Waals surface area contributed by atoms with Gasteiger partial charge in [-0.3, -0.25) is 0 Å². The Balaban J connectivity index is 2.01. The molecule has 0 atom stereocenters. The van der Waals surface area contributed by atoms with Crippen molar-refractivity contribution >= 4 is 30.5 Å². The summed E-state index contributed by atoms with van der Waals surface area (Å²) >= 11 is 0. The monoisotopic (exact) mass is 498 g/mol. The van der Waals surface area contributed by atoms with E-state index in [1.165, 1.54) is 0 Å². The Hall–Kier alpha value is -2.24. The zero-order valence-electron chi connectivity index (χ0n) is 17.0. The summed E-state index contributed by atoms with van der Waals surface area (Å²) in [5, 5.41) is 0. The van der Waals surface area contributed by atoms with Crippen molar-refractivity contribution in [3.05, 3.63) is 91.0 Å². The van der Waals surface area contributed by atoms with Crippen LogP contribution in [-0.2, 0) is 28.3 Å². The van der Waals surface area contributed by atoms with E-state index in [4.69, 9.17) is 3.63 Å². The fourth-order valence-electron chi connectivity index (χ4n) is 3.14. The first-order valence-corrected chi connectivity index (χ1v) is 14.5. The third kappa shape index (κ3) is 5.96. The third-order valence-electron chi connectivity index (χ3n) is 4.57.